The molecule has 1 aliphatic heterocycles. The average Bonchev–Trinajstić information content (AvgIpc) is 2.86. The largest absolute Gasteiger partial charge is 0.416 e. The van der Waals surface area contributed by atoms with E-state index in [2.05, 4.69) is 39.6 Å². The minimum absolute atomic E-state index is 0.213. The fourth-order valence-corrected chi connectivity index (χ4v) is 4.20. The van der Waals surface area contributed by atoms with Crippen molar-refractivity contribution < 1.29 is 22.8 Å². The van der Waals surface area contributed by atoms with E-state index in [0.717, 1.165) is 69.8 Å². The van der Waals surface area contributed by atoms with Gasteiger partial charge in [0.25, 0.3) is 5.91 Å². The molecule has 2 aromatic rings. The van der Waals surface area contributed by atoms with E-state index in [1.165, 1.54) is 12.1 Å². The number of rotatable bonds is 9. The third-order valence-electron chi connectivity index (χ3n) is 6.27. The second kappa shape index (κ2) is 12.6. The Balaban J connectivity index is 1.71. The summed E-state index contributed by atoms with van der Waals surface area (Å²) in [4.78, 5) is 30.0. The molecule has 1 heterocycles. The summed E-state index contributed by atoms with van der Waals surface area (Å²) < 4.78 is 38.3. The van der Waals surface area contributed by atoms with E-state index in [4.69, 9.17) is 0 Å². The Hall–Kier alpha value is -3.27. The van der Waals surface area contributed by atoms with E-state index in [9.17, 15) is 22.8 Å². The first-order chi connectivity index (χ1) is 17.2. The van der Waals surface area contributed by atoms with E-state index in [-0.39, 0.29) is 11.6 Å². The summed E-state index contributed by atoms with van der Waals surface area (Å²) in [6, 6.07) is 8.78. The molecular weight excluding hydrogens is 471 g/mol. The minimum atomic E-state index is -4.45. The van der Waals surface area contributed by atoms with Crippen molar-refractivity contribution in [3.8, 4) is 0 Å². The number of benzene rings is 2. The molecule has 0 radical (unpaired) electrons. The number of alkyl halides is 3. The van der Waals surface area contributed by atoms with Crippen molar-refractivity contribution in [1.29, 1.82) is 0 Å². The van der Waals surface area contributed by atoms with Crippen molar-refractivity contribution in [2.75, 3.05) is 54.8 Å². The highest BCUT2D eigenvalue weighted by Crippen LogP contribution is 2.30. The van der Waals surface area contributed by atoms with Crippen LogP contribution in [0.25, 0.3) is 0 Å². The van der Waals surface area contributed by atoms with Gasteiger partial charge in [-0.1, -0.05) is 13.8 Å². The summed E-state index contributed by atoms with van der Waals surface area (Å²) in [5.41, 5.74) is 1.14. The van der Waals surface area contributed by atoms with Crippen LogP contribution in [0.15, 0.2) is 42.5 Å². The molecule has 3 rings (SSSR count). The molecular formula is C26H34F3N5O2. The SMILES string of the molecule is CCN(CC)CCNC(=O)c1cc(NC(=O)Nc2ccc(C(F)(F)F)cc2)ccc1N1CCCCC1. The third-order valence-corrected chi connectivity index (χ3v) is 6.27. The highest BCUT2D eigenvalue weighted by atomic mass is 19.4. The number of anilines is 3. The number of likely N-dealkylation sites (N-methyl/N-ethyl adjacent to an activating group) is 1. The number of piperidine rings is 1. The van der Waals surface area contributed by atoms with Crippen LogP contribution in [0.2, 0.25) is 0 Å². The Kier molecular flexibility index (Phi) is 9.58. The summed E-state index contributed by atoms with van der Waals surface area (Å²) in [5, 5.41) is 8.18. The summed E-state index contributed by atoms with van der Waals surface area (Å²) in [7, 11) is 0. The zero-order chi connectivity index (χ0) is 26.1. The first kappa shape index (κ1) is 27.3. The number of carbonyl (C=O) groups excluding carboxylic acids is 2. The molecule has 1 fully saturated rings. The van der Waals surface area contributed by atoms with Crippen molar-refractivity contribution in [2.45, 2.75) is 39.3 Å². The van der Waals surface area contributed by atoms with Crippen molar-refractivity contribution in [1.82, 2.24) is 10.2 Å². The maximum absolute atomic E-state index is 13.1. The highest BCUT2D eigenvalue weighted by molar-refractivity contribution is 6.04. The van der Waals surface area contributed by atoms with Crippen LogP contribution in [-0.2, 0) is 6.18 Å². The smallest absolute Gasteiger partial charge is 0.371 e. The molecule has 3 amide bonds. The average molecular weight is 506 g/mol. The lowest BCUT2D eigenvalue weighted by Gasteiger charge is -2.30. The van der Waals surface area contributed by atoms with Gasteiger partial charge in [-0.2, -0.15) is 13.2 Å². The number of hydrogen-bond donors (Lipinski definition) is 3. The zero-order valence-electron chi connectivity index (χ0n) is 20.8. The van der Waals surface area contributed by atoms with E-state index in [1.54, 1.807) is 12.1 Å². The molecule has 3 N–H and O–H groups in total. The Morgan fingerprint density at radius 2 is 1.53 bits per heavy atom. The molecule has 0 bridgehead atoms. The second-order valence-electron chi connectivity index (χ2n) is 8.72. The van der Waals surface area contributed by atoms with Gasteiger partial charge in [-0.25, -0.2) is 4.79 Å². The lowest BCUT2D eigenvalue weighted by Crippen LogP contribution is -2.36. The lowest BCUT2D eigenvalue weighted by molar-refractivity contribution is -0.137. The maximum Gasteiger partial charge on any atom is 0.416 e. The fraction of sp³-hybridized carbons (Fsp3) is 0.462. The lowest BCUT2D eigenvalue weighted by atomic mass is 10.1. The topological polar surface area (TPSA) is 76.7 Å². The molecule has 36 heavy (non-hydrogen) atoms. The van der Waals surface area contributed by atoms with Crippen LogP contribution in [0.3, 0.4) is 0 Å². The molecule has 1 aliphatic rings. The van der Waals surface area contributed by atoms with Crippen LogP contribution in [0.4, 0.5) is 35.0 Å². The van der Waals surface area contributed by atoms with Gasteiger partial charge >= 0.3 is 12.2 Å². The maximum atomic E-state index is 13.1. The Morgan fingerprint density at radius 3 is 2.14 bits per heavy atom. The highest BCUT2D eigenvalue weighted by Gasteiger charge is 2.30. The van der Waals surface area contributed by atoms with Crippen molar-refractivity contribution in [3.05, 3.63) is 53.6 Å². The summed E-state index contributed by atoms with van der Waals surface area (Å²) in [5.74, 6) is -0.213. The molecule has 0 spiro atoms. The molecule has 0 unspecified atom stereocenters. The summed E-state index contributed by atoms with van der Waals surface area (Å²) in [6.07, 6.45) is -1.18. The van der Waals surface area contributed by atoms with Gasteiger partial charge < -0.3 is 25.8 Å². The molecule has 7 nitrogen and oxygen atoms in total. The Bertz CT molecular complexity index is 1020. The van der Waals surface area contributed by atoms with Gasteiger partial charge in [0, 0.05) is 43.2 Å². The van der Waals surface area contributed by atoms with Gasteiger partial charge in [-0.3, -0.25) is 4.79 Å². The quantitative estimate of drug-likeness (QED) is 0.426. The number of amides is 3. The van der Waals surface area contributed by atoms with Gasteiger partial charge in [0.1, 0.15) is 0 Å². The third kappa shape index (κ3) is 7.61. The minimum Gasteiger partial charge on any atom is -0.371 e. The number of nitrogens with one attached hydrogen (secondary N) is 3. The Morgan fingerprint density at radius 1 is 0.917 bits per heavy atom. The van der Waals surface area contributed by atoms with Gasteiger partial charge in [-0.15, -0.1) is 0 Å². The first-order valence-corrected chi connectivity index (χ1v) is 12.4. The molecule has 0 atom stereocenters. The number of hydrogen-bond acceptors (Lipinski definition) is 4. The predicted molar refractivity (Wildman–Crippen MR) is 137 cm³/mol. The van der Waals surface area contributed by atoms with Gasteiger partial charge in [0.2, 0.25) is 0 Å². The number of nitrogens with zero attached hydrogens (tertiary/aromatic N) is 2. The fourth-order valence-electron chi connectivity index (χ4n) is 4.20. The van der Waals surface area contributed by atoms with Crippen LogP contribution in [0.5, 0.6) is 0 Å². The summed E-state index contributed by atoms with van der Waals surface area (Å²) in [6.45, 7) is 8.92. The molecule has 0 aromatic heterocycles. The van der Waals surface area contributed by atoms with Crippen LogP contribution in [0, 0.1) is 0 Å². The predicted octanol–water partition coefficient (Wildman–Crippen LogP) is 5.41. The standard InChI is InChI=1S/C26H34F3N5O2/c1-3-33(4-2)17-14-30-24(35)22-18-21(12-13-23(22)34-15-6-5-7-16-34)32-25(36)31-20-10-8-19(9-11-20)26(27,28)29/h8-13,18H,3-7,14-17H2,1-2H3,(H,30,35)(H2,31,32,36). The molecule has 2 aromatic carbocycles. The van der Waals surface area contributed by atoms with Gasteiger partial charge in [0.15, 0.2) is 0 Å². The van der Waals surface area contributed by atoms with E-state index in [1.807, 2.05) is 6.07 Å². The zero-order valence-corrected chi connectivity index (χ0v) is 20.8. The van der Waals surface area contributed by atoms with Crippen LogP contribution < -0.4 is 20.9 Å². The van der Waals surface area contributed by atoms with Gasteiger partial charge in [0.05, 0.1) is 11.1 Å². The molecule has 196 valence electrons. The number of carbonyl (C=O) groups is 2. The van der Waals surface area contributed by atoms with E-state index in [0.29, 0.717) is 17.8 Å². The molecule has 0 saturated carbocycles. The van der Waals surface area contributed by atoms with Crippen molar-refractivity contribution in [2.24, 2.45) is 0 Å². The van der Waals surface area contributed by atoms with Crippen molar-refractivity contribution in [3.63, 3.8) is 0 Å². The normalized spacial score (nSPS) is 14.0. The molecule has 10 heteroatoms. The monoisotopic (exact) mass is 505 g/mol. The molecule has 1 saturated heterocycles. The number of halogens is 3. The van der Waals surface area contributed by atoms with Gasteiger partial charge in [-0.05, 0) is 74.8 Å². The molecule has 0 aliphatic carbocycles. The van der Waals surface area contributed by atoms with Crippen LogP contribution in [-0.4, -0.2) is 56.1 Å². The second-order valence-corrected chi connectivity index (χ2v) is 8.72. The first-order valence-electron chi connectivity index (χ1n) is 12.4. The van der Waals surface area contributed by atoms with Crippen LogP contribution >= 0.6 is 0 Å². The number of urea groups is 1. The summed E-state index contributed by atoms with van der Waals surface area (Å²) >= 11 is 0. The Labute approximate surface area is 210 Å². The van der Waals surface area contributed by atoms with Crippen molar-refractivity contribution >= 4 is 29.0 Å². The van der Waals surface area contributed by atoms with Crippen LogP contribution in [0.1, 0.15) is 49.0 Å². The van der Waals surface area contributed by atoms with E-state index < -0.39 is 17.8 Å². The van der Waals surface area contributed by atoms with E-state index >= 15 is 0 Å².